The molecule has 1 heterocycles. The van der Waals surface area contributed by atoms with Gasteiger partial charge in [0.25, 0.3) is 0 Å². The Balaban J connectivity index is 1.81. The zero-order valence-electron chi connectivity index (χ0n) is 12.2. The van der Waals surface area contributed by atoms with Crippen LogP contribution in [-0.4, -0.2) is 11.9 Å². The highest BCUT2D eigenvalue weighted by Crippen LogP contribution is 2.17. The van der Waals surface area contributed by atoms with Crippen molar-refractivity contribution in [3.05, 3.63) is 89.1 Å². The Morgan fingerprint density at radius 1 is 1.05 bits per heavy atom. The summed E-state index contributed by atoms with van der Waals surface area (Å²) in [4.78, 5) is 16.1. The Bertz CT molecular complexity index is 786. The van der Waals surface area contributed by atoms with E-state index in [1.54, 1.807) is 12.2 Å². The third-order valence-corrected chi connectivity index (χ3v) is 3.23. The lowest BCUT2D eigenvalue weighted by atomic mass is 10.1. The number of allylic oxidation sites excluding steroid dienone is 2. The van der Waals surface area contributed by atoms with Crippen LogP contribution >= 0.6 is 0 Å². The second kappa shape index (κ2) is 6.22. The number of carbonyl (C=O) groups is 1. The molecule has 0 aromatic heterocycles. The maximum absolute atomic E-state index is 11.8. The molecule has 3 nitrogen and oxygen atoms in total. The van der Waals surface area contributed by atoms with E-state index < -0.39 is 5.97 Å². The van der Waals surface area contributed by atoms with E-state index >= 15 is 0 Å². The molecule has 0 saturated heterocycles. The molecule has 3 rings (SSSR count). The normalized spacial score (nSPS) is 16.1. The van der Waals surface area contributed by atoms with Crippen LogP contribution in [0.1, 0.15) is 16.7 Å². The summed E-state index contributed by atoms with van der Waals surface area (Å²) in [5, 5.41) is 0. The number of esters is 1. The summed E-state index contributed by atoms with van der Waals surface area (Å²) in [6.07, 6.45) is 5.38. The third kappa shape index (κ3) is 3.20. The standard InChI is InChI=1S/C19H15NO2/c1-14-7-5-11-16(13-14)18-20-17(19(21)22-18)12-6-10-15-8-3-2-4-9-15/h2-13H,1H3/b10-6-,17-12-. The van der Waals surface area contributed by atoms with E-state index in [9.17, 15) is 4.79 Å². The topological polar surface area (TPSA) is 38.7 Å². The molecule has 3 heteroatoms. The molecule has 0 radical (unpaired) electrons. The second-order valence-electron chi connectivity index (χ2n) is 5.00. The Morgan fingerprint density at radius 3 is 2.64 bits per heavy atom. The monoisotopic (exact) mass is 289 g/mol. The Labute approximate surface area is 129 Å². The van der Waals surface area contributed by atoms with Crippen molar-refractivity contribution in [1.82, 2.24) is 0 Å². The van der Waals surface area contributed by atoms with E-state index in [1.807, 2.05) is 67.6 Å². The first-order valence-electron chi connectivity index (χ1n) is 7.04. The molecule has 0 saturated carbocycles. The molecular formula is C19H15NO2. The molecule has 0 unspecified atom stereocenters. The fourth-order valence-corrected chi connectivity index (χ4v) is 2.14. The summed E-state index contributed by atoms with van der Waals surface area (Å²) >= 11 is 0. The van der Waals surface area contributed by atoms with E-state index in [4.69, 9.17) is 4.74 Å². The Hall–Kier alpha value is -2.94. The van der Waals surface area contributed by atoms with Gasteiger partial charge in [0.2, 0.25) is 5.90 Å². The molecule has 2 aromatic carbocycles. The first-order chi connectivity index (χ1) is 10.7. The van der Waals surface area contributed by atoms with Crippen LogP contribution in [0.25, 0.3) is 6.08 Å². The predicted octanol–water partition coefficient (Wildman–Crippen LogP) is 3.90. The SMILES string of the molecule is Cc1cccc(C2=N/C(=C\C=C/c3ccccc3)C(=O)O2)c1. The number of cyclic esters (lactones) is 1. The van der Waals surface area contributed by atoms with Crippen LogP contribution in [0.5, 0.6) is 0 Å². The zero-order valence-corrected chi connectivity index (χ0v) is 12.2. The maximum atomic E-state index is 11.8. The summed E-state index contributed by atoms with van der Waals surface area (Å²) in [5.74, 6) is -0.0673. The third-order valence-electron chi connectivity index (χ3n) is 3.23. The predicted molar refractivity (Wildman–Crippen MR) is 87.4 cm³/mol. The van der Waals surface area contributed by atoms with Crippen LogP contribution in [0.3, 0.4) is 0 Å². The molecule has 1 aliphatic rings. The average Bonchev–Trinajstić information content (AvgIpc) is 2.90. The van der Waals surface area contributed by atoms with Crippen molar-refractivity contribution in [2.45, 2.75) is 6.92 Å². The van der Waals surface area contributed by atoms with Gasteiger partial charge in [-0.3, -0.25) is 0 Å². The molecule has 0 amide bonds. The average molecular weight is 289 g/mol. The van der Waals surface area contributed by atoms with Crippen molar-refractivity contribution in [1.29, 1.82) is 0 Å². The summed E-state index contributed by atoms with van der Waals surface area (Å²) in [7, 11) is 0. The molecule has 2 aromatic rings. The molecule has 0 spiro atoms. The highest BCUT2D eigenvalue weighted by atomic mass is 16.6. The summed E-state index contributed by atoms with van der Waals surface area (Å²) < 4.78 is 5.23. The number of ether oxygens (including phenoxy) is 1. The van der Waals surface area contributed by atoms with Gasteiger partial charge in [0.1, 0.15) is 0 Å². The molecule has 0 atom stereocenters. The van der Waals surface area contributed by atoms with Gasteiger partial charge in [-0.05, 0) is 30.7 Å². The molecular weight excluding hydrogens is 274 g/mol. The van der Waals surface area contributed by atoms with Gasteiger partial charge in [-0.1, -0.05) is 60.2 Å². The molecule has 0 bridgehead atoms. The second-order valence-corrected chi connectivity index (χ2v) is 5.00. The first kappa shape index (κ1) is 14.0. The summed E-state index contributed by atoms with van der Waals surface area (Å²) in [5.41, 5.74) is 3.28. The highest BCUT2D eigenvalue weighted by Gasteiger charge is 2.23. The fourth-order valence-electron chi connectivity index (χ4n) is 2.14. The van der Waals surface area contributed by atoms with Crippen molar-refractivity contribution in [3.63, 3.8) is 0 Å². The van der Waals surface area contributed by atoms with Gasteiger partial charge in [0, 0.05) is 5.56 Å². The van der Waals surface area contributed by atoms with E-state index in [2.05, 4.69) is 4.99 Å². The maximum Gasteiger partial charge on any atom is 0.363 e. The van der Waals surface area contributed by atoms with Crippen LogP contribution in [0.4, 0.5) is 0 Å². The number of hydrogen-bond donors (Lipinski definition) is 0. The molecule has 0 aliphatic carbocycles. The lowest BCUT2D eigenvalue weighted by molar-refractivity contribution is -0.130. The van der Waals surface area contributed by atoms with Gasteiger partial charge < -0.3 is 4.74 Å². The minimum Gasteiger partial charge on any atom is -0.402 e. The van der Waals surface area contributed by atoms with Gasteiger partial charge in [-0.25, -0.2) is 9.79 Å². The van der Waals surface area contributed by atoms with Crippen LogP contribution in [0, 0.1) is 6.92 Å². The van der Waals surface area contributed by atoms with Gasteiger partial charge in [-0.2, -0.15) is 0 Å². The number of hydrogen-bond acceptors (Lipinski definition) is 3. The number of aliphatic imine (C=N–C) groups is 1. The van der Waals surface area contributed by atoms with Gasteiger partial charge in [-0.15, -0.1) is 0 Å². The molecule has 1 aliphatic heterocycles. The molecule has 108 valence electrons. The lowest BCUT2D eigenvalue weighted by Gasteiger charge is -1.99. The quantitative estimate of drug-likeness (QED) is 0.635. The summed E-state index contributed by atoms with van der Waals surface area (Å²) in [6.45, 7) is 1.99. The highest BCUT2D eigenvalue weighted by molar-refractivity contribution is 6.11. The molecule has 0 N–H and O–H groups in total. The van der Waals surface area contributed by atoms with Crippen LogP contribution in [-0.2, 0) is 9.53 Å². The lowest BCUT2D eigenvalue weighted by Crippen LogP contribution is -2.05. The van der Waals surface area contributed by atoms with Crippen molar-refractivity contribution in [2.75, 3.05) is 0 Å². The van der Waals surface area contributed by atoms with Crippen LogP contribution in [0.15, 0.2) is 77.4 Å². The van der Waals surface area contributed by atoms with Gasteiger partial charge in [0.05, 0.1) is 0 Å². The van der Waals surface area contributed by atoms with E-state index in [-0.39, 0.29) is 0 Å². The number of nitrogens with zero attached hydrogens (tertiary/aromatic N) is 1. The number of aryl methyl sites for hydroxylation is 1. The number of carbonyl (C=O) groups excluding carboxylic acids is 1. The zero-order chi connectivity index (χ0) is 15.4. The van der Waals surface area contributed by atoms with E-state index in [0.29, 0.717) is 11.6 Å². The van der Waals surface area contributed by atoms with E-state index in [1.165, 1.54) is 0 Å². The smallest absolute Gasteiger partial charge is 0.363 e. The van der Waals surface area contributed by atoms with Crippen LogP contribution < -0.4 is 0 Å². The molecule has 22 heavy (non-hydrogen) atoms. The minimum atomic E-state index is -0.422. The summed E-state index contributed by atoms with van der Waals surface area (Å²) in [6, 6.07) is 17.6. The fraction of sp³-hybridized carbons (Fsp3) is 0.0526. The van der Waals surface area contributed by atoms with Crippen molar-refractivity contribution < 1.29 is 9.53 Å². The van der Waals surface area contributed by atoms with Crippen molar-refractivity contribution in [3.8, 4) is 0 Å². The van der Waals surface area contributed by atoms with Crippen molar-refractivity contribution in [2.24, 2.45) is 4.99 Å². The van der Waals surface area contributed by atoms with Crippen molar-refractivity contribution >= 4 is 17.9 Å². The number of rotatable bonds is 3. The Kier molecular flexibility index (Phi) is 3.97. The largest absolute Gasteiger partial charge is 0.402 e. The van der Waals surface area contributed by atoms with E-state index in [0.717, 1.165) is 16.7 Å². The first-order valence-corrected chi connectivity index (χ1v) is 7.04. The van der Waals surface area contributed by atoms with Gasteiger partial charge >= 0.3 is 5.97 Å². The number of benzene rings is 2. The molecule has 0 fully saturated rings. The van der Waals surface area contributed by atoms with Gasteiger partial charge in [0.15, 0.2) is 5.70 Å². The minimum absolute atomic E-state index is 0.309. The Morgan fingerprint density at radius 2 is 1.86 bits per heavy atom. The van der Waals surface area contributed by atoms with Crippen LogP contribution in [0.2, 0.25) is 0 Å².